The molecule has 3 aromatic heterocycles. The smallest absolute Gasteiger partial charge is 0.162 e. The Morgan fingerprint density at radius 1 is 0.839 bits per heavy atom. The minimum Gasteiger partial charge on any atom is -0.493 e. The van der Waals surface area contributed by atoms with Gasteiger partial charge < -0.3 is 9.47 Å². The minimum absolute atomic E-state index is 0.478. The van der Waals surface area contributed by atoms with E-state index in [0.717, 1.165) is 38.8 Å². The molecule has 0 radical (unpaired) electrons. The van der Waals surface area contributed by atoms with E-state index in [1.165, 1.54) is 0 Å². The van der Waals surface area contributed by atoms with Crippen molar-refractivity contribution < 1.29 is 9.47 Å². The average Bonchev–Trinajstić information content (AvgIpc) is 2.83. The van der Waals surface area contributed by atoms with Crippen LogP contribution in [0.3, 0.4) is 0 Å². The standard InChI is InChI=1S/C25H20N4O2/c1-30-23-15-22-20(25(28-16-27-22)18-8-11-26-12-9-18)14-24(23)31-13-10-19-7-6-17-4-2-3-5-21(17)29-19/h2-9,11-12,14-16H,10,13H2,1H3. The first kappa shape index (κ1) is 18.9. The van der Waals surface area contributed by atoms with Crippen LogP contribution in [0.25, 0.3) is 33.1 Å². The van der Waals surface area contributed by atoms with Crippen LogP contribution in [0.1, 0.15) is 5.69 Å². The van der Waals surface area contributed by atoms with E-state index in [2.05, 4.69) is 27.1 Å². The second-order valence-corrected chi connectivity index (χ2v) is 7.07. The highest BCUT2D eigenvalue weighted by Gasteiger charge is 2.13. The van der Waals surface area contributed by atoms with Crippen molar-refractivity contribution in [3.63, 3.8) is 0 Å². The second kappa shape index (κ2) is 8.36. The lowest BCUT2D eigenvalue weighted by atomic mass is 10.1. The van der Waals surface area contributed by atoms with Gasteiger partial charge in [0.05, 0.1) is 30.4 Å². The molecule has 2 aromatic carbocycles. The van der Waals surface area contributed by atoms with E-state index in [4.69, 9.17) is 14.5 Å². The molecule has 0 aliphatic rings. The van der Waals surface area contributed by atoms with Crippen molar-refractivity contribution in [3.05, 3.63) is 85.1 Å². The number of para-hydroxylation sites is 1. The van der Waals surface area contributed by atoms with E-state index in [0.29, 0.717) is 24.5 Å². The van der Waals surface area contributed by atoms with Gasteiger partial charge in [-0.2, -0.15) is 0 Å². The zero-order chi connectivity index (χ0) is 21.0. The van der Waals surface area contributed by atoms with Gasteiger partial charge in [-0.15, -0.1) is 0 Å². The van der Waals surface area contributed by atoms with Gasteiger partial charge in [0.25, 0.3) is 0 Å². The Morgan fingerprint density at radius 3 is 2.58 bits per heavy atom. The molecule has 0 aliphatic carbocycles. The van der Waals surface area contributed by atoms with Gasteiger partial charge >= 0.3 is 0 Å². The Kier molecular flexibility index (Phi) is 5.10. The van der Waals surface area contributed by atoms with Crippen LogP contribution in [0.2, 0.25) is 0 Å². The molecule has 31 heavy (non-hydrogen) atoms. The largest absolute Gasteiger partial charge is 0.493 e. The highest BCUT2D eigenvalue weighted by atomic mass is 16.5. The first-order chi connectivity index (χ1) is 15.3. The van der Waals surface area contributed by atoms with Gasteiger partial charge in [-0.1, -0.05) is 24.3 Å². The lowest BCUT2D eigenvalue weighted by Gasteiger charge is -2.13. The van der Waals surface area contributed by atoms with Gasteiger partial charge in [0.15, 0.2) is 11.5 Å². The second-order valence-electron chi connectivity index (χ2n) is 7.07. The minimum atomic E-state index is 0.478. The van der Waals surface area contributed by atoms with Crippen molar-refractivity contribution in [2.24, 2.45) is 0 Å². The number of benzene rings is 2. The Labute approximate surface area is 179 Å². The zero-order valence-corrected chi connectivity index (χ0v) is 17.0. The highest BCUT2D eigenvalue weighted by molar-refractivity contribution is 5.94. The maximum Gasteiger partial charge on any atom is 0.162 e. The summed E-state index contributed by atoms with van der Waals surface area (Å²) in [6.07, 6.45) is 5.75. The first-order valence-electron chi connectivity index (χ1n) is 10.0. The molecule has 5 rings (SSSR count). The molecule has 0 amide bonds. The van der Waals surface area contributed by atoms with Crippen molar-refractivity contribution in [3.8, 4) is 22.8 Å². The van der Waals surface area contributed by atoms with E-state index in [1.807, 2.05) is 48.5 Å². The van der Waals surface area contributed by atoms with Crippen LogP contribution in [0.4, 0.5) is 0 Å². The molecule has 6 heteroatoms. The van der Waals surface area contributed by atoms with Crippen LogP contribution >= 0.6 is 0 Å². The van der Waals surface area contributed by atoms with Crippen LogP contribution in [-0.2, 0) is 6.42 Å². The molecule has 0 aliphatic heterocycles. The molecule has 6 nitrogen and oxygen atoms in total. The third-order valence-electron chi connectivity index (χ3n) is 5.15. The predicted molar refractivity (Wildman–Crippen MR) is 120 cm³/mol. The monoisotopic (exact) mass is 408 g/mol. The molecule has 0 bridgehead atoms. The average molecular weight is 408 g/mol. The van der Waals surface area contributed by atoms with Crippen LogP contribution in [0, 0.1) is 0 Å². The summed E-state index contributed by atoms with van der Waals surface area (Å²) < 4.78 is 11.7. The van der Waals surface area contributed by atoms with Crippen molar-refractivity contribution in [2.75, 3.05) is 13.7 Å². The van der Waals surface area contributed by atoms with E-state index in [1.54, 1.807) is 25.8 Å². The molecule has 0 unspecified atom stereocenters. The van der Waals surface area contributed by atoms with E-state index in [-0.39, 0.29) is 0 Å². The number of rotatable bonds is 6. The Balaban J connectivity index is 1.43. The fraction of sp³-hybridized carbons (Fsp3) is 0.120. The van der Waals surface area contributed by atoms with Gasteiger partial charge in [0.1, 0.15) is 6.33 Å². The van der Waals surface area contributed by atoms with Crippen molar-refractivity contribution >= 4 is 21.8 Å². The van der Waals surface area contributed by atoms with Crippen LogP contribution in [0.15, 0.2) is 79.4 Å². The summed E-state index contributed by atoms with van der Waals surface area (Å²) in [6.45, 7) is 0.478. The zero-order valence-electron chi connectivity index (χ0n) is 17.0. The summed E-state index contributed by atoms with van der Waals surface area (Å²) in [7, 11) is 1.63. The van der Waals surface area contributed by atoms with E-state index >= 15 is 0 Å². The maximum atomic E-state index is 6.11. The Bertz CT molecular complexity index is 1360. The van der Waals surface area contributed by atoms with Crippen molar-refractivity contribution in [1.82, 2.24) is 19.9 Å². The summed E-state index contributed by atoms with van der Waals surface area (Å²) in [5.74, 6) is 1.29. The fourth-order valence-corrected chi connectivity index (χ4v) is 3.59. The van der Waals surface area contributed by atoms with Crippen LogP contribution < -0.4 is 9.47 Å². The molecular formula is C25H20N4O2. The number of hydrogen-bond donors (Lipinski definition) is 0. The number of nitrogens with zero attached hydrogens (tertiary/aromatic N) is 4. The third kappa shape index (κ3) is 3.88. The molecule has 0 N–H and O–H groups in total. The lowest BCUT2D eigenvalue weighted by Crippen LogP contribution is -2.04. The number of aromatic nitrogens is 4. The summed E-state index contributed by atoms with van der Waals surface area (Å²) in [5.41, 5.74) is 4.57. The Hall–Kier alpha value is -4.06. The van der Waals surface area contributed by atoms with Crippen molar-refractivity contribution in [1.29, 1.82) is 0 Å². The number of pyridine rings is 2. The molecule has 0 spiro atoms. The molecule has 0 saturated carbocycles. The predicted octanol–water partition coefficient (Wildman–Crippen LogP) is 4.87. The molecule has 5 aromatic rings. The van der Waals surface area contributed by atoms with E-state index in [9.17, 15) is 0 Å². The van der Waals surface area contributed by atoms with Gasteiger partial charge in [0, 0.05) is 46.9 Å². The summed E-state index contributed by atoms with van der Waals surface area (Å²) in [5, 5.41) is 2.03. The molecule has 0 saturated heterocycles. The van der Waals surface area contributed by atoms with Gasteiger partial charge in [0.2, 0.25) is 0 Å². The molecular weight excluding hydrogens is 388 g/mol. The SMILES string of the molecule is COc1cc2ncnc(-c3ccncc3)c2cc1OCCc1ccc2ccccc2n1. The van der Waals surface area contributed by atoms with Crippen LogP contribution in [-0.4, -0.2) is 33.7 Å². The maximum absolute atomic E-state index is 6.11. The normalized spacial score (nSPS) is 11.0. The van der Waals surface area contributed by atoms with Crippen LogP contribution in [0.5, 0.6) is 11.5 Å². The van der Waals surface area contributed by atoms with Crippen molar-refractivity contribution in [2.45, 2.75) is 6.42 Å². The summed E-state index contributed by atoms with van der Waals surface area (Å²) in [6, 6.07) is 19.9. The fourth-order valence-electron chi connectivity index (χ4n) is 3.59. The van der Waals surface area contributed by atoms with Gasteiger partial charge in [-0.25, -0.2) is 9.97 Å². The third-order valence-corrected chi connectivity index (χ3v) is 5.15. The number of methoxy groups -OCH3 is 1. The molecule has 0 fully saturated rings. The molecule has 3 heterocycles. The van der Waals surface area contributed by atoms with E-state index < -0.39 is 0 Å². The molecule has 0 atom stereocenters. The topological polar surface area (TPSA) is 70.0 Å². The number of hydrogen-bond acceptors (Lipinski definition) is 6. The Morgan fingerprint density at radius 2 is 1.71 bits per heavy atom. The summed E-state index contributed by atoms with van der Waals surface area (Å²) >= 11 is 0. The van der Waals surface area contributed by atoms with Gasteiger partial charge in [-0.05, 0) is 30.3 Å². The summed E-state index contributed by atoms with van der Waals surface area (Å²) in [4.78, 5) is 17.7. The lowest BCUT2D eigenvalue weighted by molar-refractivity contribution is 0.297. The number of ether oxygens (including phenoxy) is 2. The van der Waals surface area contributed by atoms with Gasteiger partial charge in [-0.3, -0.25) is 9.97 Å². The quantitative estimate of drug-likeness (QED) is 0.399. The first-order valence-corrected chi connectivity index (χ1v) is 10.0. The molecule has 152 valence electrons. The number of fused-ring (bicyclic) bond motifs is 2. The highest BCUT2D eigenvalue weighted by Crippen LogP contribution is 2.35.